The lowest BCUT2D eigenvalue weighted by atomic mass is 9.76. The molecule has 1 saturated heterocycles. The Morgan fingerprint density at radius 3 is 2.28 bits per heavy atom. The maximum Gasteiger partial charge on any atom is 0.273 e. The largest absolute Gasteiger partial charge is 0.292 e. The number of hydrogen-bond acceptors (Lipinski definition) is 4. The van der Waals surface area contributed by atoms with E-state index in [1.807, 2.05) is 6.92 Å². The van der Waals surface area contributed by atoms with E-state index < -0.39 is 47.2 Å². The molecule has 1 heterocycles. The highest BCUT2D eigenvalue weighted by Gasteiger charge is 2.54. The Balaban J connectivity index is 1.81. The van der Waals surface area contributed by atoms with Crippen LogP contribution in [-0.2, 0) is 9.59 Å². The number of amides is 3. The molecule has 4 rings (SSSR count). The fourth-order valence-electron chi connectivity index (χ4n) is 4.99. The third-order valence-electron chi connectivity index (χ3n) is 6.86. The minimum absolute atomic E-state index is 0.0388. The van der Waals surface area contributed by atoms with Gasteiger partial charge in [-0.1, -0.05) is 30.1 Å². The third-order valence-corrected chi connectivity index (χ3v) is 7.82. The molecule has 190 valence electrons. The molecule has 10 heteroatoms. The van der Waals surface area contributed by atoms with Crippen LogP contribution in [0.4, 0.5) is 4.39 Å². The molecule has 6 nitrogen and oxygen atoms in total. The SMILES string of the molecule is C[C@@H]1CC[C@@H]2C(=O)N(N(C(=O)c3ccc(Cl)c(Cl)c3)[C@@H](CCCl)C(=O)c3ccc(F)cc3)C(=O)[C@H]2C1. The monoisotopic (exact) mass is 552 g/mol. The summed E-state index contributed by atoms with van der Waals surface area (Å²) in [6.45, 7) is 2.02. The summed E-state index contributed by atoms with van der Waals surface area (Å²) in [6.07, 6.45) is 1.78. The van der Waals surface area contributed by atoms with Crippen molar-refractivity contribution < 1.29 is 23.6 Å². The number of halogens is 4. The van der Waals surface area contributed by atoms with Crippen molar-refractivity contribution >= 4 is 58.3 Å². The Labute approximate surface area is 223 Å². The van der Waals surface area contributed by atoms with E-state index in [1.165, 1.54) is 30.3 Å². The second-order valence-corrected chi connectivity index (χ2v) is 10.5. The molecule has 1 aliphatic carbocycles. The van der Waals surface area contributed by atoms with Gasteiger partial charge in [-0.3, -0.25) is 19.2 Å². The van der Waals surface area contributed by atoms with Crippen LogP contribution in [0, 0.1) is 23.6 Å². The zero-order chi connectivity index (χ0) is 26.1. The summed E-state index contributed by atoms with van der Waals surface area (Å²) in [7, 11) is 0. The first kappa shape index (κ1) is 26.6. The van der Waals surface area contributed by atoms with Gasteiger partial charge in [0.1, 0.15) is 11.9 Å². The Kier molecular flexibility index (Phi) is 8.03. The Morgan fingerprint density at radius 1 is 1.00 bits per heavy atom. The predicted octanol–water partition coefficient (Wildman–Crippen LogP) is 5.79. The van der Waals surface area contributed by atoms with Gasteiger partial charge >= 0.3 is 0 Å². The van der Waals surface area contributed by atoms with Gasteiger partial charge in [0.15, 0.2) is 5.78 Å². The Bertz CT molecular complexity index is 1210. The van der Waals surface area contributed by atoms with Gasteiger partial charge in [0.25, 0.3) is 17.7 Å². The number of hydrogen-bond donors (Lipinski definition) is 0. The fourth-order valence-corrected chi connectivity index (χ4v) is 5.50. The van der Waals surface area contributed by atoms with Crippen molar-refractivity contribution in [1.82, 2.24) is 10.0 Å². The van der Waals surface area contributed by atoms with Gasteiger partial charge in [0.05, 0.1) is 21.9 Å². The molecule has 0 aromatic heterocycles. The van der Waals surface area contributed by atoms with Crippen LogP contribution in [0.25, 0.3) is 0 Å². The summed E-state index contributed by atoms with van der Waals surface area (Å²) in [5.41, 5.74) is 0.156. The van der Waals surface area contributed by atoms with Crippen molar-refractivity contribution in [2.75, 3.05) is 5.88 Å². The molecule has 3 amide bonds. The topological polar surface area (TPSA) is 74.8 Å². The first-order chi connectivity index (χ1) is 17.1. The maximum absolute atomic E-state index is 13.9. The van der Waals surface area contributed by atoms with Gasteiger partial charge in [0.2, 0.25) is 0 Å². The number of carbonyl (C=O) groups excluding carboxylic acids is 4. The van der Waals surface area contributed by atoms with E-state index in [4.69, 9.17) is 34.8 Å². The van der Waals surface area contributed by atoms with Crippen molar-refractivity contribution in [3.8, 4) is 0 Å². The normalized spacial score (nSPS) is 22.4. The highest BCUT2D eigenvalue weighted by Crippen LogP contribution is 2.42. The van der Waals surface area contributed by atoms with Crippen molar-refractivity contribution in [3.63, 3.8) is 0 Å². The highest BCUT2D eigenvalue weighted by atomic mass is 35.5. The van der Waals surface area contributed by atoms with Gasteiger partial charge < -0.3 is 0 Å². The third kappa shape index (κ3) is 5.01. The minimum Gasteiger partial charge on any atom is -0.292 e. The van der Waals surface area contributed by atoms with Gasteiger partial charge in [0, 0.05) is 17.0 Å². The number of carbonyl (C=O) groups is 4. The molecular weight excluding hydrogens is 530 g/mol. The van der Waals surface area contributed by atoms with E-state index in [1.54, 1.807) is 0 Å². The molecule has 0 N–H and O–H groups in total. The van der Waals surface area contributed by atoms with E-state index >= 15 is 0 Å². The number of benzene rings is 2. The average molecular weight is 554 g/mol. The maximum atomic E-state index is 13.9. The number of hydrazine groups is 1. The second kappa shape index (κ2) is 10.9. The lowest BCUT2D eigenvalue weighted by Crippen LogP contribution is -2.57. The van der Waals surface area contributed by atoms with E-state index in [9.17, 15) is 23.6 Å². The summed E-state index contributed by atoms with van der Waals surface area (Å²) in [6, 6.07) is 7.68. The standard InChI is InChI=1S/C26H24Cl3FN2O4/c1-14-2-8-18-19(12-14)26(36)32(25(18)35)31(24(34)16-5-9-20(28)21(29)13-16)22(10-11-27)23(33)15-3-6-17(30)7-4-15/h3-7,9,13-14,18-19,22H,2,8,10-12H2,1H3/t14-,18+,19+,22+/m1/s1. The molecule has 2 aromatic carbocycles. The van der Waals surface area contributed by atoms with E-state index in [2.05, 4.69) is 0 Å². The van der Waals surface area contributed by atoms with Crippen LogP contribution in [0.1, 0.15) is 53.3 Å². The van der Waals surface area contributed by atoms with Crippen LogP contribution in [0.5, 0.6) is 0 Å². The van der Waals surface area contributed by atoms with Crippen molar-refractivity contribution in [2.45, 2.75) is 38.6 Å². The van der Waals surface area contributed by atoms with Crippen molar-refractivity contribution in [3.05, 3.63) is 69.5 Å². The summed E-state index contributed by atoms with van der Waals surface area (Å²) < 4.78 is 13.5. The summed E-state index contributed by atoms with van der Waals surface area (Å²) in [5.74, 6) is -3.83. The van der Waals surface area contributed by atoms with E-state index in [0.29, 0.717) is 12.8 Å². The van der Waals surface area contributed by atoms with Crippen LogP contribution in [0.15, 0.2) is 42.5 Å². The first-order valence-corrected chi connectivity index (χ1v) is 12.9. The van der Waals surface area contributed by atoms with Crippen molar-refractivity contribution in [2.24, 2.45) is 17.8 Å². The van der Waals surface area contributed by atoms with E-state index in [-0.39, 0.29) is 39.4 Å². The lowest BCUT2D eigenvalue weighted by molar-refractivity contribution is -0.156. The predicted molar refractivity (Wildman–Crippen MR) is 134 cm³/mol. The quantitative estimate of drug-likeness (QED) is 0.247. The second-order valence-electron chi connectivity index (χ2n) is 9.26. The molecule has 2 aliphatic rings. The molecule has 4 atom stereocenters. The van der Waals surface area contributed by atoms with Crippen LogP contribution in [0.2, 0.25) is 10.0 Å². The number of fused-ring (bicyclic) bond motifs is 1. The summed E-state index contributed by atoms with van der Waals surface area (Å²) >= 11 is 18.2. The fraction of sp³-hybridized carbons (Fsp3) is 0.385. The average Bonchev–Trinajstić information content (AvgIpc) is 3.09. The molecule has 0 unspecified atom stereocenters. The molecule has 1 aliphatic heterocycles. The number of nitrogens with zero attached hydrogens (tertiary/aromatic N) is 2. The van der Waals surface area contributed by atoms with Gasteiger partial charge in [-0.25, -0.2) is 9.40 Å². The molecule has 0 radical (unpaired) electrons. The summed E-state index contributed by atoms with van der Waals surface area (Å²) in [4.78, 5) is 54.6. The molecule has 1 saturated carbocycles. The molecular formula is C26H24Cl3FN2O4. The molecule has 2 fully saturated rings. The zero-order valence-corrected chi connectivity index (χ0v) is 21.7. The molecule has 36 heavy (non-hydrogen) atoms. The number of Topliss-reactive ketones (excluding diaryl/α,β-unsaturated/α-hetero) is 1. The number of imide groups is 1. The lowest BCUT2D eigenvalue weighted by Gasteiger charge is -2.36. The van der Waals surface area contributed by atoms with Gasteiger partial charge in [-0.2, -0.15) is 5.01 Å². The number of alkyl halides is 1. The number of ketones is 1. The van der Waals surface area contributed by atoms with Crippen LogP contribution in [0.3, 0.4) is 0 Å². The highest BCUT2D eigenvalue weighted by molar-refractivity contribution is 6.42. The molecule has 0 spiro atoms. The van der Waals surface area contributed by atoms with Gasteiger partial charge in [-0.15, -0.1) is 11.6 Å². The van der Waals surface area contributed by atoms with Gasteiger partial charge in [-0.05, 0) is 74.1 Å². The molecule has 0 bridgehead atoms. The Hall–Kier alpha value is -2.48. The Morgan fingerprint density at radius 2 is 1.64 bits per heavy atom. The zero-order valence-electron chi connectivity index (χ0n) is 19.4. The molecule has 2 aromatic rings. The first-order valence-electron chi connectivity index (χ1n) is 11.7. The van der Waals surface area contributed by atoms with E-state index in [0.717, 1.165) is 28.6 Å². The minimum atomic E-state index is -1.29. The summed E-state index contributed by atoms with van der Waals surface area (Å²) in [5, 5.41) is 2.06. The van der Waals surface area contributed by atoms with Crippen LogP contribution >= 0.6 is 34.8 Å². The van der Waals surface area contributed by atoms with Crippen molar-refractivity contribution in [1.29, 1.82) is 0 Å². The number of rotatable bonds is 7. The smallest absolute Gasteiger partial charge is 0.273 e. The van der Waals surface area contributed by atoms with Crippen LogP contribution < -0.4 is 0 Å². The van der Waals surface area contributed by atoms with Crippen LogP contribution in [-0.4, -0.2) is 45.4 Å².